The predicted molar refractivity (Wildman–Crippen MR) is 93.4 cm³/mol. The lowest BCUT2D eigenvalue weighted by Gasteiger charge is -2.40. The van der Waals surface area contributed by atoms with E-state index in [1.165, 1.54) is 5.56 Å². The minimum absolute atomic E-state index is 0.171. The molecule has 1 aromatic rings. The summed E-state index contributed by atoms with van der Waals surface area (Å²) in [6, 6.07) is 8.22. The Labute approximate surface area is 139 Å². The molecule has 0 aromatic heterocycles. The first-order valence-electron chi connectivity index (χ1n) is 8.31. The van der Waals surface area contributed by atoms with Gasteiger partial charge in [-0.1, -0.05) is 12.1 Å². The monoisotopic (exact) mass is 319 g/mol. The molecule has 5 nitrogen and oxygen atoms in total. The second-order valence-electron chi connectivity index (χ2n) is 7.31. The highest BCUT2D eigenvalue weighted by Gasteiger charge is 2.30. The minimum atomic E-state index is -0.441. The van der Waals surface area contributed by atoms with E-state index in [0.29, 0.717) is 0 Å². The van der Waals surface area contributed by atoms with Crippen LogP contribution in [0.1, 0.15) is 33.3 Å². The van der Waals surface area contributed by atoms with Crippen LogP contribution in [0.15, 0.2) is 24.3 Å². The van der Waals surface area contributed by atoms with E-state index in [9.17, 15) is 4.79 Å². The number of carbonyl (C=O) groups is 1. The van der Waals surface area contributed by atoms with Crippen molar-refractivity contribution in [3.8, 4) is 0 Å². The van der Waals surface area contributed by atoms with Crippen molar-refractivity contribution >= 4 is 11.8 Å². The van der Waals surface area contributed by atoms with Crippen molar-refractivity contribution in [2.75, 3.05) is 31.9 Å². The van der Waals surface area contributed by atoms with Gasteiger partial charge in [-0.3, -0.25) is 4.90 Å². The first-order valence-corrected chi connectivity index (χ1v) is 8.31. The van der Waals surface area contributed by atoms with Gasteiger partial charge < -0.3 is 15.4 Å². The van der Waals surface area contributed by atoms with Gasteiger partial charge in [0.05, 0.1) is 0 Å². The normalized spacial score (nSPS) is 19.7. The fourth-order valence-corrected chi connectivity index (χ4v) is 2.80. The van der Waals surface area contributed by atoms with Gasteiger partial charge in [0, 0.05) is 37.9 Å². The molecule has 0 aliphatic carbocycles. The van der Waals surface area contributed by atoms with E-state index in [0.717, 1.165) is 38.3 Å². The molecular formula is C18H29N3O2. The van der Waals surface area contributed by atoms with Crippen LogP contribution in [-0.2, 0) is 11.2 Å². The molecule has 0 saturated carbocycles. The molecule has 5 heteroatoms. The van der Waals surface area contributed by atoms with Gasteiger partial charge in [-0.05, 0) is 51.8 Å². The molecule has 0 spiro atoms. The van der Waals surface area contributed by atoms with Crippen LogP contribution in [0, 0.1) is 0 Å². The Morgan fingerprint density at radius 2 is 1.91 bits per heavy atom. The molecule has 0 radical (unpaired) electrons. The number of benzene rings is 1. The SMILES string of the molecule is CC1CN(CCc2ccc(N)cc2)CCN1C(=O)OC(C)(C)C. The lowest BCUT2D eigenvalue weighted by atomic mass is 10.1. The van der Waals surface area contributed by atoms with E-state index in [2.05, 4.69) is 24.0 Å². The molecule has 2 rings (SSSR count). The van der Waals surface area contributed by atoms with Gasteiger partial charge >= 0.3 is 6.09 Å². The smallest absolute Gasteiger partial charge is 0.410 e. The summed E-state index contributed by atoms with van der Waals surface area (Å²) in [5.41, 5.74) is 7.36. The highest BCUT2D eigenvalue weighted by atomic mass is 16.6. The number of piperazine rings is 1. The molecule has 1 fully saturated rings. The Bertz CT molecular complexity index is 522. The standard InChI is InChI=1S/C18H29N3O2/c1-14-13-20(10-9-15-5-7-16(19)8-6-15)11-12-21(14)17(22)23-18(2,3)4/h5-8,14H,9-13,19H2,1-4H3. The third-order valence-electron chi connectivity index (χ3n) is 4.04. The van der Waals surface area contributed by atoms with Crippen LogP contribution in [-0.4, -0.2) is 53.7 Å². The van der Waals surface area contributed by atoms with Gasteiger partial charge in [-0.2, -0.15) is 0 Å². The lowest BCUT2D eigenvalue weighted by Crippen LogP contribution is -2.55. The molecular weight excluding hydrogens is 290 g/mol. The van der Waals surface area contributed by atoms with Gasteiger partial charge in [0.15, 0.2) is 0 Å². The molecule has 2 N–H and O–H groups in total. The highest BCUT2D eigenvalue weighted by Crippen LogP contribution is 2.16. The first-order chi connectivity index (χ1) is 10.7. The van der Waals surface area contributed by atoms with Crippen molar-refractivity contribution in [2.24, 2.45) is 0 Å². The van der Waals surface area contributed by atoms with Crippen molar-refractivity contribution < 1.29 is 9.53 Å². The molecule has 1 atom stereocenters. The van der Waals surface area contributed by atoms with E-state index < -0.39 is 5.60 Å². The molecule has 1 saturated heterocycles. The average molecular weight is 319 g/mol. The summed E-state index contributed by atoms with van der Waals surface area (Å²) in [6.45, 7) is 11.3. The summed E-state index contributed by atoms with van der Waals surface area (Å²) < 4.78 is 5.48. The molecule has 0 bridgehead atoms. The third-order valence-corrected chi connectivity index (χ3v) is 4.04. The number of hydrogen-bond acceptors (Lipinski definition) is 4. The largest absolute Gasteiger partial charge is 0.444 e. The van der Waals surface area contributed by atoms with Crippen molar-refractivity contribution in [3.63, 3.8) is 0 Å². The number of rotatable bonds is 3. The lowest BCUT2D eigenvalue weighted by molar-refractivity contribution is 0.00163. The van der Waals surface area contributed by atoms with Gasteiger partial charge in [0.1, 0.15) is 5.60 Å². The molecule has 1 unspecified atom stereocenters. The molecule has 23 heavy (non-hydrogen) atoms. The van der Waals surface area contributed by atoms with Gasteiger partial charge in [-0.15, -0.1) is 0 Å². The van der Waals surface area contributed by atoms with Crippen LogP contribution >= 0.6 is 0 Å². The number of hydrogen-bond donors (Lipinski definition) is 1. The van der Waals surface area contributed by atoms with Crippen LogP contribution in [0.4, 0.5) is 10.5 Å². The summed E-state index contributed by atoms with van der Waals surface area (Å²) in [4.78, 5) is 16.5. The number of carbonyl (C=O) groups excluding carboxylic acids is 1. The number of nitrogen functional groups attached to an aromatic ring is 1. The van der Waals surface area contributed by atoms with Crippen LogP contribution in [0.3, 0.4) is 0 Å². The predicted octanol–water partition coefficient (Wildman–Crippen LogP) is 2.75. The quantitative estimate of drug-likeness (QED) is 0.870. The van der Waals surface area contributed by atoms with Crippen LogP contribution < -0.4 is 5.73 Å². The van der Waals surface area contributed by atoms with E-state index >= 15 is 0 Å². The molecule has 1 aliphatic heterocycles. The van der Waals surface area contributed by atoms with E-state index in [1.807, 2.05) is 37.8 Å². The molecule has 128 valence electrons. The molecule has 1 aliphatic rings. The van der Waals surface area contributed by atoms with Crippen molar-refractivity contribution in [2.45, 2.75) is 45.8 Å². The van der Waals surface area contributed by atoms with Crippen molar-refractivity contribution in [1.29, 1.82) is 0 Å². The zero-order valence-corrected chi connectivity index (χ0v) is 14.7. The maximum atomic E-state index is 12.2. The van der Waals surface area contributed by atoms with Gasteiger partial charge in [0.25, 0.3) is 0 Å². The first kappa shape index (κ1) is 17.6. The van der Waals surface area contributed by atoms with Crippen molar-refractivity contribution in [3.05, 3.63) is 29.8 Å². The zero-order chi connectivity index (χ0) is 17.0. The number of nitrogens with zero attached hydrogens (tertiary/aromatic N) is 2. The summed E-state index contributed by atoms with van der Waals surface area (Å²) >= 11 is 0. The second kappa shape index (κ2) is 7.21. The third kappa shape index (κ3) is 5.43. The summed E-state index contributed by atoms with van der Waals surface area (Å²) in [5.74, 6) is 0. The maximum Gasteiger partial charge on any atom is 0.410 e. The summed E-state index contributed by atoms with van der Waals surface area (Å²) in [6.07, 6.45) is 0.794. The number of anilines is 1. The number of nitrogens with two attached hydrogens (primary N) is 1. The zero-order valence-electron chi connectivity index (χ0n) is 14.7. The summed E-state index contributed by atoms with van der Waals surface area (Å²) in [5, 5.41) is 0. The Morgan fingerprint density at radius 3 is 2.48 bits per heavy atom. The second-order valence-corrected chi connectivity index (χ2v) is 7.31. The maximum absolute atomic E-state index is 12.2. The van der Waals surface area contributed by atoms with E-state index in [4.69, 9.17) is 10.5 Å². The topological polar surface area (TPSA) is 58.8 Å². The fraction of sp³-hybridized carbons (Fsp3) is 0.611. The summed E-state index contributed by atoms with van der Waals surface area (Å²) in [7, 11) is 0. The van der Waals surface area contributed by atoms with Crippen LogP contribution in [0.2, 0.25) is 0 Å². The highest BCUT2D eigenvalue weighted by molar-refractivity contribution is 5.68. The number of ether oxygens (including phenoxy) is 1. The Balaban J connectivity index is 1.81. The average Bonchev–Trinajstić information content (AvgIpc) is 2.45. The van der Waals surface area contributed by atoms with Crippen LogP contribution in [0.5, 0.6) is 0 Å². The Kier molecular flexibility index (Phi) is 5.52. The minimum Gasteiger partial charge on any atom is -0.444 e. The molecule has 1 aromatic carbocycles. The van der Waals surface area contributed by atoms with Crippen molar-refractivity contribution in [1.82, 2.24) is 9.80 Å². The van der Waals surface area contributed by atoms with E-state index in [1.54, 1.807) is 0 Å². The molecule has 1 amide bonds. The Morgan fingerprint density at radius 1 is 1.26 bits per heavy atom. The number of amides is 1. The Hall–Kier alpha value is -1.75. The molecule has 1 heterocycles. The van der Waals surface area contributed by atoms with E-state index in [-0.39, 0.29) is 12.1 Å². The van der Waals surface area contributed by atoms with Gasteiger partial charge in [0.2, 0.25) is 0 Å². The van der Waals surface area contributed by atoms with Gasteiger partial charge in [-0.25, -0.2) is 4.79 Å². The fourth-order valence-electron chi connectivity index (χ4n) is 2.80. The van der Waals surface area contributed by atoms with Crippen LogP contribution in [0.25, 0.3) is 0 Å².